The van der Waals surface area contributed by atoms with Crippen molar-refractivity contribution in [2.45, 2.75) is 83.7 Å². The summed E-state index contributed by atoms with van der Waals surface area (Å²) < 4.78 is 10.9. The van der Waals surface area contributed by atoms with Crippen LogP contribution in [0, 0.1) is 35.0 Å². The fraction of sp³-hybridized carbons (Fsp3) is 0.909. The van der Waals surface area contributed by atoms with Crippen LogP contribution in [0.25, 0.3) is 0 Å². The topological polar surface area (TPSA) is 37.3 Å². The second-order valence-electron chi connectivity index (χ2n) is 9.78. The third kappa shape index (κ3) is 2.94. The van der Waals surface area contributed by atoms with Gasteiger partial charge in [-0.25, -0.2) is 0 Å². The Hall–Kier alpha value is -0.280. The molecule has 3 fully saturated rings. The first-order chi connectivity index (χ1) is 12.0. The van der Waals surface area contributed by atoms with E-state index in [1.54, 1.807) is 5.57 Å². The van der Waals surface area contributed by atoms with Crippen molar-refractivity contribution in [3.8, 4) is 0 Å². The van der Waals surface area contributed by atoms with Gasteiger partial charge in [0, 0.05) is 10.6 Å². The molecule has 0 aromatic carbocycles. The van der Waals surface area contributed by atoms with Crippen LogP contribution in [0.4, 0.5) is 0 Å². The van der Waals surface area contributed by atoms with Crippen molar-refractivity contribution >= 4 is 11.7 Å². The van der Waals surface area contributed by atoms with Gasteiger partial charge in [0.1, 0.15) is 0 Å². The van der Waals surface area contributed by atoms with Gasteiger partial charge in [0.05, 0.1) is 5.60 Å². The largest absolute Gasteiger partial charge is 0.458 e. The van der Waals surface area contributed by atoms with E-state index in [1.807, 2.05) is 0 Å². The van der Waals surface area contributed by atoms with Crippen LogP contribution < -0.4 is 0 Å². The summed E-state index contributed by atoms with van der Waals surface area (Å²) in [5.41, 5.74) is 1.66. The predicted octanol–water partition coefficient (Wildman–Crippen LogP) is 5.13. The molecular weight excluding hydrogens is 328 g/mol. The molecule has 0 amide bonds. The first kappa shape index (κ1) is 18.1. The SMILES string of the molecule is CC[C@]1(O)CC[C@H]2C(=CC[C@@H]3[C@@H]2CC[C@]2(C)[C@@H](CC[S+]=O)CC[C@@H]32)C1. The highest BCUT2D eigenvalue weighted by Crippen LogP contribution is 2.64. The van der Waals surface area contributed by atoms with Crippen molar-refractivity contribution in [3.63, 3.8) is 0 Å². The summed E-state index contributed by atoms with van der Waals surface area (Å²) in [4.78, 5) is 0. The molecule has 3 heteroatoms. The van der Waals surface area contributed by atoms with Crippen molar-refractivity contribution in [2.75, 3.05) is 5.75 Å². The number of fused-ring (bicyclic) bond motifs is 5. The number of rotatable bonds is 4. The lowest BCUT2D eigenvalue weighted by atomic mass is 9.51. The highest BCUT2D eigenvalue weighted by molar-refractivity contribution is 7.65. The zero-order valence-corrected chi connectivity index (χ0v) is 16.8. The fourth-order valence-corrected chi connectivity index (χ4v) is 7.82. The molecule has 0 unspecified atom stereocenters. The summed E-state index contributed by atoms with van der Waals surface area (Å²) >= 11 is 0.783. The Kier molecular flexibility index (Phi) is 4.86. The molecule has 3 saturated carbocycles. The van der Waals surface area contributed by atoms with Gasteiger partial charge in [0.2, 0.25) is 5.75 Å². The van der Waals surface area contributed by atoms with Crippen LogP contribution in [0.3, 0.4) is 0 Å². The van der Waals surface area contributed by atoms with Crippen LogP contribution in [-0.4, -0.2) is 16.5 Å². The average Bonchev–Trinajstić information content (AvgIpc) is 2.96. The standard InChI is InChI=1S/C22H35O2S/c1-3-22(23)12-9-17-15(14-22)4-6-19-18(17)8-11-21(2)16(10-13-25-24)5-7-20(19)21/h4,16-20,23H,3,5-14H2,1-2H3/q+1/t16-,17+,18-,19-,20+,21-,22+/m1/s1. The van der Waals surface area contributed by atoms with E-state index in [9.17, 15) is 9.32 Å². The van der Waals surface area contributed by atoms with E-state index >= 15 is 0 Å². The molecule has 0 aromatic heterocycles. The minimum absolute atomic E-state index is 0.424. The fourth-order valence-electron chi connectivity index (χ4n) is 7.44. The van der Waals surface area contributed by atoms with Gasteiger partial charge < -0.3 is 5.11 Å². The van der Waals surface area contributed by atoms with Crippen LogP contribution in [0.1, 0.15) is 78.1 Å². The van der Waals surface area contributed by atoms with Crippen molar-refractivity contribution in [3.05, 3.63) is 11.6 Å². The summed E-state index contributed by atoms with van der Waals surface area (Å²) in [5, 5.41) is 10.8. The quantitative estimate of drug-likeness (QED) is 0.555. The maximum atomic E-state index is 10.9. The van der Waals surface area contributed by atoms with Crippen molar-refractivity contribution in [2.24, 2.45) is 35.0 Å². The molecule has 4 aliphatic carbocycles. The highest BCUT2D eigenvalue weighted by Gasteiger charge is 2.56. The summed E-state index contributed by atoms with van der Waals surface area (Å²) in [6.07, 6.45) is 14.4. The molecule has 0 bridgehead atoms. The second kappa shape index (κ2) is 6.71. The highest BCUT2D eigenvalue weighted by atomic mass is 32.1. The molecule has 2 nitrogen and oxygen atoms in total. The van der Waals surface area contributed by atoms with E-state index in [1.165, 1.54) is 38.5 Å². The smallest absolute Gasteiger partial charge is 0.390 e. The molecule has 7 atom stereocenters. The van der Waals surface area contributed by atoms with E-state index in [0.717, 1.165) is 72.7 Å². The zero-order valence-electron chi connectivity index (χ0n) is 16.0. The first-order valence-electron chi connectivity index (χ1n) is 10.7. The number of aliphatic hydroxyl groups is 1. The Morgan fingerprint density at radius 2 is 2.04 bits per heavy atom. The van der Waals surface area contributed by atoms with Crippen molar-refractivity contribution < 1.29 is 9.32 Å². The Balaban J connectivity index is 1.53. The molecule has 4 rings (SSSR count). The predicted molar refractivity (Wildman–Crippen MR) is 103 cm³/mol. The van der Waals surface area contributed by atoms with E-state index in [-0.39, 0.29) is 0 Å². The van der Waals surface area contributed by atoms with Gasteiger partial charge in [0.25, 0.3) is 0 Å². The van der Waals surface area contributed by atoms with Crippen LogP contribution in [0.5, 0.6) is 0 Å². The van der Waals surface area contributed by atoms with Gasteiger partial charge in [0.15, 0.2) is 0 Å². The van der Waals surface area contributed by atoms with Crippen LogP contribution in [0.15, 0.2) is 11.6 Å². The van der Waals surface area contributed by atoms with Crippen LogP contribution >= 0.6 is 0 Å². The molecule has 0 heterocycles. The van der Waals surface area contributed by atoms with E-state index in [2.05, 4.69) is 19.9 Å². The minimum atomic E-state index is -0.424. The third-order valence-corrected chi connectivity index (χ3v) is 9.40. The van der Waals surface area contributed by atoms with Gasteiger partial charge in [-0.2, -0.15) is 0 Å². The van der Waals surface area contributed by atoms with Crippen molar-refractivity contribution in [1.82, 2.24) is 0 Å². The minimum Gasteiger partial charge on any atom is -0.390 e. The monoisotopic (exact) mass is 363 g/mol. The van der Waals surface area contributed by atoms with Gasteiger partial charge >= 0.3 is 11.7 Å². The maximum absolute atomic E-state index is 10.9. The lowest BCUT2D eigenvalue weighted by Crippen LogP contribution is -2.47. The Labute approximate surface area is 157 Å². The maximum Gasteiger partial charge on any atom is 0.458 e. The molecule has 140 valence electrons. The number of allylic oxidation sites excluding steroid dienone is 1. The summed E-state index contributed by atoms with van der Waals surface area (Å²) in [6.45, 7) is 4.69. The van der Waals surface area contributed by atoms with Crippen LogP contribution in [-0.2, 0) is 15.9 Å². The molecule has 25 heavy (non-hydrogen) atoms. The lowest BCUT2D eigenvalue weighted by Gasteiger charge is -2.54. The van der Waals surface area contributed by atoms with Gasteiger partial charge in [-0.15, -0.1) is 0 Å². The second-order valence-corrected chi connectivity index (χ2v) is 10.4. The Morgan fingerprint density at radius 3 is 2.80 bits per heavy atom. The average molecular weight is 364 g/mol. The molecule has 4 aliphatic rings. The van der Waals surface area contributed by atoms with E-state index < -0.39 is 5.60 Å². The van der Waals surface area contributed by atoms with E-state index in [4.69, 9.17) is 0 Å². The van der Waals surface area contributed by atoms with Gasteiger partial charge in [-0.05, 0) is 92.8 Å². The molecule has 0 spiro atoms. The summed E-state index contributed by atoms with van der Waals surface area (Å²) in [6, 6.07) is 0. The van der Waals surface area contributed by atoms with E-state index in [0.29, 0.717) is 5.41 Å². The molecule has 0 saturated heterocycles. The summed E-state index contributed by atoms with van der Waals surface area (Å²) in [7, 11) is 0. The van der Waals surface area contributed by atoms with Crippen LogP contribution in [0.2, 0.25) is 0 Å². The lowest BCUT2D eigenvalue weighted by molar-refractivity contribution is -0.0399. The van der Waals surface area contributed by atoms with Gasteiger partial charge in [-0.1, -0.05) is 25.5 Å². The van der Waals surface area contributed by atoms with Crippen molar-refractivity contribution in [1.29, 1.82) is 0 Å². The molecule has 1 N–H and O–H groups in total. The molecule has 0 aromatic rings. The Morgan fingerprint density at radius 1 is 1.20 bits per heavy atom. The Bertz CT molecular complexity index is 558. The zero-order chi connectivity index (χ0) is 17.7. The third-order valence-electron chi connectivity index (χ3n) is 9.00. The number of hydrogen-bond donors (Lipinski definition) is 1. The number of hydrogen-bond acceptors (Lipinski definition) is 2. The first-order valence-corrected chi connectivity index (χ1v) is 11.6. The molecular formula is C22H35O2S+. The molecule has 0 radical (unpaired) electrons. The normalized spacial score (nSPS) is 48.9. The summed E-state index contributed by atoms with van der Waals surface area (Å²) in [5.74, 6) is 4.94. The van der Waals surface area contributed by atoms with Gasteiger partial charge in [-0.3, -0.25) is 0 Å². The molecule has 0 aliphatic heterocycles.